The van der Waals surface area contributed by atoms with E-state index in [-0.39, 0.29) is 30.6 Å². The van der Waals surface area contributed by atoms with Crippen molar-refractivity contribution in [1.82, 2.24) is 0 Å². The number of nitrogens with one attached hydrogen (secondary N) is 1. The number of nitrogens with zero attached hydrogens (tertiary/aromatic N) is 2. The van der Waals surface area contributed by atoms with Crippen LogP contribution in [-0.2, 0) is 9.59 Å². The lowest BCUT2D eigenvalue weighted by Crippen LogP contribution is -2.38. The summed E-state index contributed by atoms with van der Waals surface area (Å²) in [5, 5.41) is 2.78. The van der Waals surface area contributed by atoms with Crippen molar-refractivity contribution >= 4 is 40.4 Å². The molecule has 0 atom stereocenters. The first-order valence-corrected chi connectivity index (χ1v) is 9.94. The number of carbonyl (C=O) groups is 3. The Kier molecular flexibility index (Phi) is 5.71. The Bertz CT molecular complexity index is 1190. The summed E-state index contributed by atoms with van der Waals surface area (Å²) in [6.45, 7) is 1.32. The molecule has 0 aromatic heterocycles. The molecule has 1 aliphatic rings. The summed E-state index contributed by atoms with van der Waals surface area (Å²) >= 11 is 0. The van der Waals surface area contributed by atoms with Crippen LogP contribution >= 0.6 is 0 Å². The number of aliphatic imine (C=N–C) groups is 1. The molecule has 154 valence electrons. The predicted octanol–water partition coefficient (Wildman–Crippen LogP) is 4.39. The number of Topliss-reactive ketones (excluding diaryl/α,β-unsaturated/α-hetero) is 1. The Hall–Kier alpha value is -4.06. The molecular weight excluding hydrogens is 390 g/mol. The van der Waals surface area contributed by atoms with Crippen molar-refractivity contribution in [2.45, 2.75) is 13.3 Å². The van der Waals surface area contributed by atoms with Crippen LogP contribution in [0.1, 0.15) is 29.3 Å². The van der Waals surface area contributed by atoms with E-state index in [9.17, 15) is 14.4 Å². The monoisotopic (exact) mass is 411 g/mol. The molecule has 31 heavy (non-hydrogen) atoms. The maximum absolute atomic E-state index is 13.1. The van der Waals surface area contributed by atoms with Crippen LogP contribution in [0.3, 0.4) is 0 Å². The van der Waals surface area contributed by atoms with Crippen LogP contribution in [0.25, 0.3) is 0 Å². The lowest BCUT2D eigenvalue weighted by molar-refractivity contribution is -0.120. The molecule has 6 nitrogen and oxygen atoms in total. The summed E-state index contributed by atoms with van der Waals surface area (Å²) in [6, 6.07) is 23.6. The van der Waals surface area contributed by atoms with Crippen LogP contribution in [0.15, 0.2) is 83.9 Å². The van der Waals surface area contributed by atoms with Crippen LogP contribution in [0.2, 0.25) is 0 Å². The van der Waals surface area contributed by atoms with Crippen LogP contribution in [0, 0.1) is 0 Å². The van der Waals surface area contributed by atoms with Crippen molar-refractivity contribution in [3.63, 3.8) is 0 Å². The minimum Gasteiger partial charge on any atom is -0.325 e. The summed E-state index contributed by atoms with van der Waals surface area (Å²) in [5.41, 5.74) is 3.78. The van der Waals surface area contributed by atoms with Gasteiger partial charge in [0.25, 0.3) is 0 Å². The van der Waals surface area contributed by atoms with E-state index in [4.69, 9.17) is 4.99 Å². The van der Waals surface area contributed by atoms with Gasteiger partial charge in [-0.1, -0.05) is 54.6 Å². The number of para-hydroxylation sites is 2. The maximum Gasteiger partial charge on any atom is 0.244 e. The molecule has 0 unspecified atom stereocenters. The van der Waals surface area contributed by atoms with Crippen molar-refractivity contribution in [3.05, 3.63) is 90.0 Å². The van der Waals surface area contributed by atoms with Crippen molar-refractivity contribution < 1.29 is 14.4 Å². The van der Waals surface area contributed by atoms with Crippen molar-refractivity contribution in [1.29, 1.82) is 0 Å². The number of carbonyl (C=O) groups excluding carboxylic acids is 3. The number of hydrogen-bond acceptors (Lipinski definition) is 4. The highest BCUT2D eigenvalue weighted by Crippen LogP contribution is 2.32. The molecule has 0 saturated heterocycles. The van der Waals surface area contributed by atoms with Gasteiger partial charge in [0, 0.05) is 11.3 Å². The van der Waals surface area contributed by atoms with E-state index in [1.54, 1.807) is 30.3 Å². The number of fused-ring (bicyclic) bond motifs is 1. The highest BCUT2D eigenvalue weighted by molar-refractivity contribution is 6.19. The molecule has 0 spiro atoms. The number of amides is 2. The Labute approximate surface area is 180 Å². The van der Waals surface area contributed by atoms with Crippen molar-refractivity contribution in [2.75, 3.05) is 16.8 Å². The number of benzene rings is 3. The van der Waals surface area contributed by atoms with Gasteiger partial charge >= 0.3 is 0 Å². The van der Waals surface area contributed by atoms with Gasteiger partial charge in [0.1, 0.15) is 6.54 Å². The van der Waals surface area contributed by atoms with Crippen molar-refractivity contribution in [2.24, 2.45) is 4.99 Å². The highest BCUT2D eigenvalue weighted by Gasteiger charge is 2.26. The average molecular weight is 411 g/mol. The second-order valence-corrected chi connectivity index (χ2v) is 7.26. The number of rotatable bonds is 5. The van der Waals surface area contributed by atoms with Gasteiger partial charge in [0.05, 0.1) is 23.5 Å². The molecule has 1 heterocycles. The third kappa shape index (κ3) is 4.59. The third-order valence-electron chi connectivity index (χ3n) is 5.01. The zero-order valence-electron chi connectivity index (χ0n) is 17.0. The normalized spacial score (nSPS) is 13.1. The predicted molar refractivity (Wildman–Crippen MR) is 121 cm³/mol. The Morgan fingerprint density at radius 2 is 1.71 bits per heavy atom. The van der Waals surface area contributed by atoms with E-state index >= 15 is 0 Å². The molecule has 0 aliphatic carbocycles. The van der Waals surface area contributed by atoms with Gasteiger partial charge in [-0.2, -0.15) is 0 Å². The fourth-order valence-electron chi connectivity index (χ4n) is 3.48. The van der Waals surface area contributed by atoms with E-state index in [0.717, 1.165) is 5.56 Å². The van der Waals surface area contributed by atoms with Crippen molar-refractivity contribution in [3.8, 4) is 0 Å². The van der Waals surface area contributed by atoms with E-state index in [2.05, 4.69) is 5.32 Å². The van der Waals surface area contributed by atoms with E-state index < -0.39 is 0 Å². The van der Waals surface area contributed by atoms with Gasteiger partial charge in [0.2, 0.25) is 11.8 Å². The second kappa shape index (κ2) is 8.75. The summed E-state index contributed by atoms with van der Waals surface area (Å²) in [6.07, 6.45) is 0.0891. The van der Waals surface area contributed by atoms with E-state index in [1.165, 1.54) is 11.8 Å². The summed E-state index contributed by atoms with van der Waals surface area (Å²) in [7, 11) is 0. The Morgan fingerprint density at radius 1 is 0.968 bits per heavy atom. The van der Waals surface area contributed by atoms with E-state index in [1.807, 2.05) is 48.5 Å². The average Bonchev–Trinajstić information content (AvgIpc) is 2.91. The second-order valence-electron chi connectivity index (χ2n) is 7.26. The van der Waals surface area contributed by atoms with Gasteiger partial charge in [-0.3, -0.25) is 19.4 Å². The highest BCUT2D eigenvalue weighted by atomic mass is 16.2. The standard InChI is InChI=1S/C25H21N3O3/c1-17(29)19-10-7-11-20(14-19)26-24(30)16-28-23-13-6-5-12-21(23)27-22(15-25(28)31)18-8-3-2-4-9-18/h2-14H,15-16H2,1H3,(H,26,30). The van der Waals surface area contributed by atoms with Gasteiger partial charge in [-0.05, 0) is 36.8 Å². The fourth-order valence-corrected chi connectivity index (χ4v) is 3.48. The van der Waals surface area contributed by atoms with E-state index in [0.29, 0.717) is 28.3 Å². The largest absolute Gasteiger partial charge is 0.325 e. The van der Waals surface area contributed by atoms with Gasteiger partial charge < -0.3 is 10.2 Å². The first-order chi connectivity index (χ1) is 15.0. The molecular formula is C25H21N3O3. The molecule has 1 N–H and O–H groups in total. The molecule has 3 aromatic carbocycles. The fraction of sp³-hybridized carbons (Fsp3) is 0.120. The zero-order valence-corrected chi connectivity index (χ0v) is 17.0. The molecule has 4 rings (SSSR count). The first kappa shape index (κ1) is 20.2. The van der Waals surface area contributed by atoms with Gasteiger partial charge in [0.15, 0.2) is 5.78 Å². The number of hydrogen-bond donors (Lipinski definition) is 1. The quantitative estimate of drug-likeness (QED) is 0.633. The molecule has 6 heteroatoms. The first-order valence-electron chi connectivity index (χ1n) is 9.94. The molecule has 0 saturated carbocycles. The smallest absolute Gasteiger partial charge is 0.244 e. The van der Waals surface area contributed by atoms with Gasteiger partial charge in [-0.25, -0.2) is 0 Å². The van der Waals surface area contributed by atoms with Crippen LogP contribution in [0.4, 0.5) is 17.1 Å². The minimum atomic E-state index is -0.355. The third-order valence-corrected chi connectivity index (χ3v) is 5.01. The zero-order chi connectivity index (χ0) is 21.8. The van der Waals surface area contributed by atoms with Crippen LogP contribution < -0.4 is 10.2 Å². The number of ketones is 1. The summed E-state index contributed by atoms with van der Waals surface area (Å²) in [5.74, 6) is -0.648. The minimum absolute atomic E-state index is 0.0849. The maximum atomic E-state index is 13.1. The molecule has 2 amide bonds. The molecule has 0 bridgehead atoms. The summed E-state index contributed by atoms with van der Waals surface area (Å²) in [4.78, 5) is 43.6. The molecule has 0 fully saturated rings. The molecule has 3 aromatic rings. The SMILES string of the molecule is CC(=O)c1cccc(NC(=O)CN2C(=O)CC(c3ccccc3)=Nc3ccccc32)c1. The number of anilines is 2. The van der Waals surface area contributed by atoms with Crippen LogP contribution in [-0.4, -0.2) is 29.9 Å². The van der Waals surface area contributed by atoms with Gasteiger partial charge in [-0.15, -0.1) is 0 Å². The lowest BCUT2D eigenvalue weighted by Gasteiger charge is -2.22. The lowest BCUT2D eigenvalue weighted by atomic mass is 10.1. The Balaban J connectivity index is 1.58. The Morgan fingerprint density at radius 3 is 2.48 bits per heavy atom. The molecule has 1 aliphatic heterocycles. The molecule has 0 radical (unpaired) electrons. The topological polar surface area (TPSA) is 78.8 Å². The summed E-state index contributed by atoms with van der Waals surface area (Å²) < 4.78 is 0. The van der Waals surface area contributed by atoms with Crippen LogP contribution in [0.5, 0.6) is 0 Å².